The van der Waals surface area contributed by atoms with E-state index >= 15 is 0 Å². The van der Waals surface area contributed by atoms with Crippen LogP contribution in [0.25, 0.3) is 0 Å². The normalized spacial score (nSPS) is 33.0. The quantitative estimate of drug-likeness (QED) is 0.802. The Morgan fingerprint density at radius 3 is 2.75 bits per heavy atom. The summed E-state index contributed by atoms with van der Waals surface area (Å²) < 4.78 is 6.39. The summed E-state index contributed by atoms with van der Waals surface area (Å²) in [5, 5.41) is 3.76. The Balaban J connectivity index is 1.73. The number of thioether (sulfide) groups is 1. The first kappa shape index (κ1) is 12.7. The second-order valence-corrected chi connectivity index (χ2v) is 6.92. The van der Waals surface area contributed by atoms with Crippen molar-refractivity contribution in [2.24, 2.45) is 5.92 Å². The van der Waals surface area contributed by atoms with Gasteiger partial charge in [-0.1, -0.05) is 13.8 Å². The molecule has 2 rings (SSSR count). The summed E-state index contributed by atoms with van der Waals surface area (Å²) in [6.45, 7) is 6.66. The van der Waals surface area contributed by atoms with Gasteiger partial charge in [-0.15, -0.1) is 0 Å². The summed E-state index contributed by atoms with van der Waals surface area (Å²) >= 11 is 2.04. The lowest BCUT2D eigenvalue weighted by Gasteiger charge is -2.33. The molecular formula is C13H25NOS. The molecule has 2 fully saturated rings. The fraction of sp³-hybridized carbons (Fsp3) is 1.00. The molecule has 0 amide bonds. The van der Waals surface area contributed by atoms with E-state index in [4.69, 9.17) is 4.74 Å². The first-order valence-electron chi connectivity index (χ1n) is 6.55. The molecule has 2 aliphatic rings. The molecule has 1 saturated heterocycles. The molecule has 0 bridgehead atoms. The molecule has 1 aliphatic heterocycles. The maximum absolute atomic E-state index is 5.80. The van der Waals surface area contributed by atoms with Gasteiger partial charge in [-0.3, -0.25) is 0 Å². The zero-order valence-electron chi connectivity index (χ0n) is 10.8. The van der Waals surface area contributed by atoms with Crippen LogP contribution in [-0.2, 0) is 4.74 Å². The van der Waals surface area contributed by atoms with Crippen LogP contribution in [0.15, 0.2) is 0 Å². The fourth-order valence-corrected chi connectivity index (χ4v) is 3.14. The van der Waals surface area contributed by atoms with Gasteiger partial charge in [0, 0.05) is 23.9 Å². The van der Waals surface area contributed by atoms with Crippen molar-refractivity contribution in [3.05, 3.63) is 0 Å². The Morgan fingerprint density at radius 1 is 1.44 bits per heavy atom. The summed E-state index contributed by atoms with van der Waals surface area (Å²) in [5.74, 6) is 0.653. The predicted molar refractivity (Wildman–Crippen MR) is 71.1 cm³/mol. The number of nitrogens with one attached hydrogen (secondary N) is 1. The van der Waals surface area contributed by atoms with Crippen LogP contribution in [0.1, 0.15) is 39.5 Å². The minimum Gasteiger partial charge on any atom is -0.378 e. The van der Waals surface area contributed by atoms with Crippen molar-refractivity contribution in [2.45, 2.75) is 56.4 Å². The molecule has 3 heteroatoms. The van der Waals surface area contributed by atoms with Crippen molar-refractivity contribution >= 4 is 11.8 Å². The van der Waals surface area contributed by atoms with Gasteiger partial charge in [-0.25, -0.2) is 0 Å². The molecular weight excluding hydrogens is 218 g/mol. The van der Waals surface area contributed by atoms with Crippen LogP contribution in [-0.4, -0.2) is 36.3 Å². The van der Waals surface area contributed by atoms with Gasteiger partial charge in [0.25, 0.3) is 0 Å². The van der Waals surface area contributed by atoms with E-state index in [0.717, 1.165) is 6.61 Å². The number of hydrogen-bond donors (Lipinski definition) is 1. The highest BCUT2D eigenvalue weighted by atomic mass is 32.2. The maximum atomic E-state index is 5.80. The molecule has 0 radical (unpaired) electrons. The van der Waals surface area contributed by atoms with Crippen molar-refractivity contribution < 1.29 is 4.74 Å². The van der Waals surface area contributed by atoms with Gasteiger partial charge in [-0.2, -0.15) is 11.8 Å². The summed E-state index contributed by atoms with van der Waals surface area (Å²) in [6, 6.07) is 0.686. The van der Waals surface area contributed by atoms with Crippen molar-refractivity contribution in [2.75, 3.05) is 19.4 Å². The molecule has 1 saturated carbocycles. The number of hydrogen-bond acceptors (Lipinski definition) is 3. The SMILES string of the molecule is CSC1(CNC2CCOC(C(C)C)C2)CC1. The Hall–Kier alpha value is 0.270. The molecule has 1 aliphatic carbocycles. The second-order valence-electron chi connectivity index (χ2n) is 5.64. The van der Waals surface area contributed by atoms with Crippen LogP contribution < -0.4 is 5.32 Å². The lowest BCUT2D eigenvalue weighted by molar-refractivity contribution is -0.0242. The van der Waals surface area contributed by atoms with Gasteiger partial charge in [0.2, 0.25) is 0 Å². The predicted octanol–water partition coefficient (Wildman–Crippen LogP) is 2.68. The highest BCUT2D eigenvalue weighted by Gasteiger charge is 2.42. The lowest BCUT2D eigenvalue weighted by Crippen LogP contribution is -2.43. The third kappa shape index (κ3) is 3.14. The van der Waals surface area contributed by atoms with E-state index in [9.17, 15) is 0 Å². The van der Waals surface area contributed by atoms with Crippen LogP contribution in [0, 0.1) is 5.92 Å². The zero-order chi connectivity index (χ0) is 11.6. The van der Waals surface area contributed by atoms with Gasteiger partial charge in [0.15, 0.2) is 0 Å². The standard InChI is InChI=1S/C13H25NOS/c1-10(2)12-8-11(4-7-15-12)14-9-13(16-3)5-6-13/h10-12,14H,4-9H2,1-3H3. The largest absolute Gasteiger partial charge is 0.378 e. The van der Waals surface area contributed by atoms with Gasteiger partial charge >= 0.3 is 0 Å². The van der Waals surface area contributed by atoms with Crippen LogP contribution in [0.4, 0.5) is 0 Å². The van der Waals surface area contributed by atoms with E-state index in [-0.39, 0.29) is 0 Å². The smallest absolute Gasteiger partial charge is 0.0612 e. The molecule has 1 N–H and O–H groups in total. The zero-order valence-corrected chi connectivity index (χ0v) is 11.6. The minimum absolute atomic E-state index is 0.468. The van der Waals surface area contributed by atoms with Gasteiger partial charge < -0.3 is 10.1 Å². The third-order valence-corrected chi connectivity index (χ3v) is 5.43. The first-order valence-corrected chi connectivity index (χ1v) is 7.78. The molecule has 2 unspecified atom stereocenters. The Morgan fingerprint density at radius 2 is 2.19 bits per heavy atom. The van der Waals surface area contributed by atoms with Crippen molar-refractivity contribution in [1.29, 1.82) is 0 Å². The van der Waals surface area contributed by atoms with Crippen molar-refractivity contribution in [1.82, 2.24) is 5.32 Å². The van der Waals surface area contributed by atoms with E-state index in [2.05, 4.69) is 25.4 Å². The number of ether oxygens (including phenoxy) is 1. The van der Waals surface area contributed by atoms with E-state index in [1.165, 1.54) is 32.2 Å². The topological polar surface area (TPSA) is 21.3 Å². The summed E-state index contributed by atoms with van der Waals surface area (Å²) in [6.07, 6.45) is 7.90. The Bertz CT molecular complexity index is 228. The first-order chi connectivity index (χ1) is 7.65. The lowest BCUT2D eigenvalue weighted by atomic mass is 9.95. The fourth-order valence-electron chi connectivity index (χ4n) is 2.40. The third-order valence-electron chi connectivity index (χ3n) is 4.01. The van der Waals surface area contributed by atoms with Crippen LogP contribution in [0.5, 0.6) is 0 Å². The average molecular weight is 243 g/mol. The minimum atomic E-state index is 0.468. The highest BCUT2D eigenvalue weighted by molar-refractivity contribution is 8.00. The summed E-state index contributed by atoms with van der Waals surface area (Å²) in [7, 11) is 0. The molecule has 0 aromatic heterocycles. The molecule has 2 atom stereocenters. The van der Waals surface area contributed by atoms with Crippen LogP contribution in [0.2, 0.25) is 0 Å². The maximum Gasteiger partial charge on any atom is 0.0612 e. The van der Waals surface area contributed by atoms with Crippen LogP contribution in [0.3, 0.4) is 0 Å². The van der Waals surface area contributed by atoms with Crippen LogP contribution >= 0.6 is 11.8 Å². The molecule has 2 nitrogen and oxygen atoms in total. The van der Waals surface area contributed by atoms with E-state index in [1.54, 1.807) is 0 Å². The van der Waals surface area contributed by atoms with E-state index in [1.807, 2.05) is 11.8 Å². The molecule has 1 heterocycles. The van der Waals surface area contributed by atoms with E-state index in [0.29, 0.717) is 22.8 Å². The molecule has 0 aromatic carbocycles. The van der Waals surface area contributed by atoms with Crippen molar-refractivity contribution in [3.8, 4) is 0 Å². The van der Waals surface area contributed by atoms with Gasteiger partial charge in [0.1, 0.15) is 0 Å². The molecule has 0 aromatic rings. The Labute approximate surface area is 104 Å². The average Bonchev–Trinajstić information content (AvgIpc) is 3.07. The van der Waals surface area contributed by atoms with Gasteiger partial charge in [-0.05, 0) is 37.9 Å². The number of rotatable bonds is 5. The molecule has 94 valence electrons. The van der Waals surface area contributed by atoms with Crippen molar-refractivity contribution in [3.63, 3.8) is 0 Å². The second kappa shape index (κ2) is 5.28. The Kier molecular flexibility index (Phi) is 4.20. The summed E-state index contributed by atoms with van der Waals surface area (Å²) in [5.41, 5.74) is 0. The highest BCUT2D eigenvalue weighted by Crippen LogP contribution is 2.46. The monoisotopic (exact) mass is 243 g/mol. The molecule has 0 spiro atoms. The summed E-state index contributed by atoms with van der Waals surface area (Å²) in [4.78, 5) is 0. The molecule has 16 heavy (non-hydrogen) atoms. The van der Waals surface area contributed by atoms with E-state index < -0.39 is 0 Å². The van der Waals surface area contributed by atoms with Gasteiger partial charge in [0.05, 0.1) is 6.10 Å².